The standard InChI is InChI=1S/C11H16N4/c1-8(2)5-9-3-4-11-13-7-10(6-12)15(11)14-9/h3-4,7-8H,5-6,12H2,1-2H3. The fraction of sp³-hybridized carbons (Fsp3) is 0.455. The number of hydrogen-bond acceptors (Lipinski definition) is 3. The summed E-state index contributed by atoms with van der Waals surface area (Å²) < 4.78 is 1.83. The van der Waals surface area contributed by atoms with Crippen molar-refractivity contribution in [2.75, 3.05) is 0 Å². The van der Waals surface area contributed by atoms with Crippen molar-refractivity contribution in [2.24, 2.45) is 11.7 Å². The first-order valence-corrected chi connectivity index (χ1v) is 5.23. The zero-order chi connectivity index (χ0) is 10.8. The van der Waals surface area contributed by atoms with Gasteiger partial charge in [0.2, 0.25) is 0 Å². The molecule has 0 fully saturated rings. The van der Waals surface area contributed by atoms with Gasteiger partial charge in [-0.1, -0.05) is 13.8 Å². The van der Waals surface area contributed by atoms with Crippen LogP contribution in [0.15, 0.2) is 18.3 Å². The fourth-order valence-corrected chi connectivity index (χ4v) is 1.63. The molecule has 15 heavy (non-hydrogen) atoms. The number of imidazole rings is 1. The summed E-state index contributed by atoms with van der Waals surface area (Å²) in [5.74, 6) is 0.611. The predicted octanol–water partition coefficient (Wildman–Crippen LogP) is 1.39. The second kappa shape index (κ2) is 3.98. The predicted molar refractivity (Wildman–Crippen MR) is 59.4 cm³/mol. The quantitative estimate of drug-likeness (QED) is 0.822. The second-order valence-electron chi connectivity index (χ2n) is 4.15. The Balaban J connectivity index is 2.43. The molecule has 0 aliphatic heterocycles. The Kier molecular flexibility index (Phi) is 2.68. The first-order valence-electron chi connectivity index (χ1n) is 5.23. The van der Waals surface area contributed by atoms with E-state index in [0.29, 0.717) is 12.5 Å². The number of rotatable bonds is 3. The lowest BCUT2D eigenvalue weighted by Gasteiger charge is -2.05. The van der Waals surface area contributed by atoms with E-state index in [0.717, 1.165) is 23.5 Å². The maximum absolute atomic E-state index is 5.61. The van der Waals surface area contributed by atoms with Gasteiger partial charge in [-0.25, -0.2) is 9.50 Å². The molecule has 4 heteroatoms. The van der Waals surface area contributed by atoms with Crippen LogP contribution in [0.25, 0.3) is 5.65 Å². The van der Waals surface area contributed by atoms with Crippen LogP contribution in [0.2, 0.25) is 0 Å². The van der Waals surface area contributed by atoms with Crippen molar-refractivity contribution >= 4 is 5.65 Å². The van der Waals surface area contributed by atoms with Crippen molar-refractivity contribution in [3.05, 3.63) is 29.7 Å². The highest BCUT2D eigenvalue weighted by Gasteiger charge is 2.05. The summed E-state index contributed by atoms with van der Waals surface area (Å²) in [6.07, 6.45) is 2.76. The average Bonchev–Trinajstić information content (AvgIpc) is 2.59. The van der Waals surface area contributed by atoms with Crippen molar-refractivity contribution in [1.82, 2.24) is 14.6 Å². The van der Waals surface area contributed by atoms with Crippen LogP contribution in [0.4, 0.5) is 0 Å². The van der Waals surface area contributed by atoms with E-state index >= 15 is 0 Å². The van der Waals surface area contributed by atoms with Crippen LogP contribution in [0.1, 0.15) is 25.2 Å². The minimum atomic E-state index is 0.472. The summed E-state index contributed by atoms with van der Waals surface area (Å²) in [7, 11) is 0. The molecule has 2 rings (SSSR count). The van der Waals surface area contributed by atoms with Gasteiger partial charge in [-0.2, -0.15) is 5.10 Å². The maximum atomic E-state index is 5.61. The van der Waals surface area contributed by atoms with Crippen LogP contribution in [0.3, 0.4) is 0 Å². The van der Waals surface area contributed by atoms with E-state index in [4.69, 9.17) is 5.73 Å². The molecule has 0 atom stereocenters. The lowest BCUT2D eigenvalue weighted by Crippen LogP contribution is -2.06. The lowest BCUT2D eigenvalue weighted by atomic mass is 10.1. The van der Waals surface area contributed by atoms with E-state index in [1.165, 1.54) is 0 Å². The molecule has 2 aromatic heterocycles. The molecule has 0 aliphatic carbocycles. The first-order chi connectivity index (χ1) is 7.20. The molecule has 2 heterocycles. The van der Waals surface area contributed by atoms with Gasteiger partial charge < -0.3 is 5.73 Å². The van der Waals surface area contributed by atoms with Crippen LogP contribution in [-0.4, -0.2) is 14.6 Å². The molecule has 2 N–H and O–H groups in total. The molecular formula is C11H16N4. The zero-order valence-electron chi connectivity index (χ0n) is 9.14. The van der Waals surface area contributed by atoms with Crippen LogP contribution in [0.5, 0.6) is 0 Å². The van der Waals surface area contributed by atoms with Crippen LogP contribution >= 0.6 is 0 Å². The minimum Gasteiger partial charge on any atom is -0.325 e. The van der Waals surface area contributed by atoms with Gasteiger partial charge in [0, 0.05) is 6.54 Å². The van der Waals surface area contributed by atoms with Crippen LogP contribution < -0.4 is 5.73 Å². The molecule has 80 valence electrons. The van der Waals surface area contributed by atoms with E-state index < -0.39 is 0 Å². The summed E-state index contributed by atoms with van der Waals surface area (Å²) in [5, 5.41) is 4.52. The van der Waals surface area contributed by atoms with Gasteiger partial charge in [-0.3, -0.25) is 0 Å². The van der Waals surface area contributed by atoms with Gasteiger partial charge in [0.1, 0.15) is 0 Å². The SMILES string of the molecule is CC(C)Cc1ccc2ncc(CN)n2n1. The lowest BCUT2D eigenvalue weighted by molar-refractivity contribution is 0.622. The number of hydrogen-bond donors (Lipinski definition) is 1. The summed E-state index contributed by atoms with van der Waals surface area (Å²) in [6, 6.07) is 4.02. The third-order valence-electron chi connectivity index (χ3n) is 2.31. The Labute approximate surface area is 89.1 Å². The molecule has 0 aromatic carbocycles. The third-order valence-corrected chi connectivity index (χ3v) is 2.31. The van der Waals surface area contributed by atoms with Crippen molar-refractivity contribution in [2.45, 2.75) is 26.8 Å². The molecule has 0 bridgehead atoms. The Morgan fingerprint density at radius 1 is 1.40 bits per heavy atom. The van der Waals surface area contributed by atoms with Gasteiger partial charge in [0.25, 0.3) is 0 Å². The van der Waals surface area contributed by atoms with Gasteiger partial charge in [0.15, 0.2) is 5.65 Å². The number of nitrogens with zero attached hydrogens (tertiary/aromatic N) is 3. The highest BCUT2D eigenvalue weighted by Crippen LogP contribution is 2.08. The summed E-state index contributed by atoms with van der Waals surface area (Å²) >= 11 is 0. The largest absolute Gasteiger partial charge is 0.325 e. The van der Waals surface area contributed by atoms with Gasteiger partial charge in [-0.05, 0) is 24.5 Å². The molecule has 4 nitrogen and oxygen atoms in total. The highest BCUT2D eigenvalue weighted by atomic mass is 15.3. The summed E-state index contributed by atoms with van der Waals surface area (Å²) in [4.78, 5) is 4.23. The smallest absolute Gasteiger partial charge is 0.153 e. The molecule has 0 unspecified atom stereocenters. The van der Waals surface area contributed by atoms with E-state index in [1.54, 1.807) is 6.20 Å². The number of fused-ring (bicyclic) bond motifs is 1. The molecule has 0 aliphatic rings. The monoisotopic (exact) mass is 204 g/mol. The Morgan fingerprint density at radius 2 is 2.20 bits per heavy atom. The van der Waals surface area contributed by atoms with Crippen molar-refractivity contribution in [3.8, 4) is 0 Å². The Hall–Kier alpha value is -1.42. The molecule has 0 saturated carbocycles. The van der Waals surface area contributed by atoms with E-state index in [2.05, 4.69) is 23.9 Å². The van der Waals surface area contributed by atoms with E-state index in [-0.39, 0.29) is 0 Å². The normalized spacial score (nSPS) is 11.5. The van der Waals surface area contributed by atoms with E-state index in [1.807, 2.05) is 16.6 Å². The minimum absolute atomic E-state index is 0.472. The topological polar surface area (TPSA) is 56.2 Å². The Bertz CT molecular complexity index is 459. The summed E-state index contributed by atoms with van der Waals surface area (Å²) in [6.45, 7) is 4.84. The molecule has 0 radical (unpaired) electrons. The molecule has 0 saturated heterocycles. The average molecular weight is 204 g/mol. The summed E-state index contributed by atoms with van der Waals surface area (Å²) in [5.41, 5.74) is 8.52. The first kappa shape index (κ1) is 10.1. The highest BCUT2D eigenvalue weighted by molar-refractivity contribution is 5.38. The number of aromatic nitrogens is 3. The maximum Gasteiger partial charge on any atom is 0.153 e. The van der Waals surface area contributed by atoms with Gasteiger partial charge >= 0.3 is 0 Å². The zero-order valence-corrected chi connectivity index (χ0v) is 9.14. The Morgan fingerprint density at radius 3 is 2.87 bits per heavy atom. The van der Waals surface area contributed by atoms with E-state index in [9.17, 15) is 0 Å². The van der Waals surface area contributed by atoms with Gasteiger partial charge in [-0.15, -0.1) is 0 Å². The molecule has 0 spiro atoms. The molecule has 0 amide bonds. The van der Waals surface area contributed by atoms with Crippen molar-refractivity contribution < 1.29 is 0 Å². The number of nitrogens with two attached hydrogens (primary N) is 1. The second-order valence-corrected chi connectivity index (χ2v) is 4.15. The molecular weight excluding hydrogens is 188 g/mol. The van der Waals surface area contributed by atoms with Gasteiger partial charge in [0.05, 0.1) is 17.6 Å². The molecule has 2 aromatic rings. The van der Waals surface area contributed by atoms with Crippen molar-refractivity contribution in [1.29, 1.82) is 0 Å². The van der Waals surface area contributed by atoms with Crippen LogP contribution in [-0.2, 0) is 13.0 Å². The van der Waals surface area contributed by atoms with Crippen LogP contribution in [0, 0.1) is 5.92 Å². The van der Waals surface area contributed by atoms with Crippen molar-refractivity contribution in [3.63, 3.8) is 0 Å². The third kappa shape index (κ3) is 1.99. The fourth-order valence-electron chi connectivity index (χ4n) is 1.63.